The molecule has 0 aliphatic heterocycles. The van der Waals surface area contributed by atoms with Gasteiger partial charge in [-0.15, -0.1) is 0 Å². The van der Waals surface area contributed by atoms with Crippen molar-refractivity contribution < 1.29 is 0 Å². The van der Waals surface area contributed by atoms with Crippen molar-refractivity contribution in [1.29, 1.82) is 0 Å². The monoisotopic (exact) mass is 809 g/mol. The Morgan fingerprint density at radius 3 is 1.89 bits per heavy atom. The molecule has 7 aromatic carbocycles. The highest BCUT2D eigenvalue weighted by atomic mass is 15.0. The second-order valence-electron chi connectivity index (χ2n) is 15.4. The van der Waals surface area contributed by atoms with Gasteiger partial charge in [0.15, 0.2) is 11.7 Å². The highest BCUT2D eigenvalue weighted by Crippen LogP contribution is 2.40. The van der Waals surface area contributed by atoms with Gasteiger partial charge in [-0.3, -0.25) is 15.0 Å². The minimum Gasteiger partial charge on any atom is -0.309 e. The van der Waals surface area contributed by atoms with Crippen LogP contribution in [-0.2, 0) is 6.54 Å². The van der Waals surface area contributed by atoms with Gasteiger partial charge in [-0.2, -0.15) is 0 Å². The van der Waals surface area contributed by atoms with Gasteiger partial charge in [0.2, 0.25) is 0 Å². The van der Waals surface area contributed by atoms with Crippen molar-refractivity contribution in [3.8, 4) is 33.6 Å². The molecular weight excluding hydrogens is 771 g/mol. The first-order valence-corrected chi connectivity index (χ1v) is 21.0. The second kappa shape index (κ2) is 16.1. The van der Waals surface area contributed by atoms with Crippen LogP contribution in [-0.4, -0.2) is 37.5 Å². The largest absolute Gasteiger partial charge is 0.309 e. The minimum atomic E-state index is 0.353. The summed E-state index contributed by atoms with van der Waals surface area (Å²) in [6.45, 7) is 4.28. The number of hydrogen-bond acceptors (Lipinski definition) is 3. The van der Waals surface area contributed by atoms with Gasteiger partial charge in [0, 0.05) is 50.9 Å². The topological polar surface area (TPSA) is 72.7 Å². The molecule has 0 atom stereocenters. The molecule has 0 fully saturated rings. The van der Waals surface area contributed by atoms with Crippen molar-refractivity contribution in [2.75, 3.05) is 0 Å². The molecule has 4 aromatic heterocycles. The minimum absolute atomic E-state index is 0.353. The lowest BCUT2D eigenvalue weighted by Gasteiger charge is -2.11. The molecule has 298 valence electrons. The molecule has 0 radical (unpaired) electrons. The lowest BCUT2D eigenvalue weighted by Crippen LogP contribution is -2.07. The van der Waals surface area contributed by atoms with E-state index in [1.807, 2.05) is 48.5 Å². The van der Waals surface area contributed by atoms with Gasteiger partial charge in [-0.05, 0) is 108 Å². The molecule has 0 saturated heterocycles. The number of amidine groups is 2. The van der Waals surface area contributed by atoms with Crippen LogP contribution in [0.4, 0.5) is 0 Å². The molecule has 63 heavy (non-hydrogen) atoms. The van der Waals surface area contributed by atoms with Gasteiger partial charge in [0.05, 0.1) is 34.3 Å². The Balaban J connectivity index is 0.978. The zero-order chi connectivity index (χ0) is 42.1. The molecule has 0 aliphatic rings. The van der Waals surface area contributed by atoms with Crippen molar-refractivity contribution >= 4 is 62.0 Å². The van der Waals surface area contributed by atoms with E-state index in [0.29, 0.717) is 23.9 Å². The maximum Gasteiger partial charge on any atom is 0.176 e. The third kappa shape index (κ3) is 6.88. The summed E-state index contributed by atoms with van der Waals surface area (Å²) in [4.78, 5) is 23.2. The molecule has 11 aromatic rings. The number of aromatic nitrogens is 4. The van der Waals surface area contributed by atoms with Crippen molar-refractivity contribution in [2.45, 2.75) is 6.54 Å². The molecule has 0 N–H and O–H groups in total. The zero-order valence-electron chi connectivity index (χ0n) is 34.3. The van der Waals surface area contributed by atoms with E-state index in [4.69, 9.17) is 9.98 Å². The Hall–Kier alpha value is -8.55. The Kier molecular flexibility index (Phi) is 9.59. The van der Waals surface area contributed by atoms with Crippen LogP contribution in [0.2, 0.25) is 0 Å². The third-order valence-corrected chi connectivity index (χ3v) is 11.6. The fraction of sp³-hybridized carbons (Fsp3) is 0.0179. The van der Waals surface area contributed by atoms with Crippen LogP contribution >= 0.6 is 0 Å². The van der Waals surface area contributed by atoms with Gasteiger partial charge in [-0.25, -0.2) is 9.98 Å². The molecule has 7 heteroatoms. The van der Waals surface area contributed by atoms with E-state index < -0.39 is 0 Å². The number of rotatable bonds is 8. The molecule has 0 amide bonds. The van der Waals surface area contributed by atoms with Crippen LogP contribution in [0.3, 0.4) is 0 Å². The quantitative estimate of drug-likeness (QED) is 0.113. The zero-order valence-corrected chi connectivity index (χ0v) is 34.3. The summed E-state index contributed by atoms with van der Waals surface area (Å²) in [6, 6.07) is 70.0. The molecular formula is C56H39N7. The SMILES string of the molecule is C=NC(=NC(=NCc1ccccn1)c1ccccn1)c1cccc(-c2cccc3c2c2ccccc2n3-c2ccc(-c3ccc4c5ccccc5n(-c5ccccc5)c4c3)cc2)c1. The Bertz CT molecular complexity index is 3530. The van der Waals surface area contributed by atoms with E-state index in [1.54, 1.807) is 12.4 Å². The fourth-order valence-electron chi connectivity index (χ4n) is 8.78. The van der Waals surface area contributed by atoms with Crippen LogP contribution in [0.25, 0.3) is 77.2 Å². The normalized spacial score (nSPS) is 12.1. The molecule has 7 nitrogen and oxygen atoms in total. The van der Waals surface area contributed by atoms with Crippen molar-refractivity contribution in [1.82, 2.24) is 19.1 Å². The maximum atomic E-state index is 4.95. The van der Waals surface area contributed by atoms with Crippen LogP contribution in [0.1, 0.15) is 17.0 Å². The Labute approximate surface area is 364 Å². The summed E-state index contributed by atoms with van der Waals surface area (Å²) in [5.41, 5.74) is 13.7. The van der Waals surface area contributed by atoms with E-state index in [0.717, 1.165) is 50.4 Å². The smallest absolute Gasteiger partial charge is 0.176 e. The van der Waals surface area contributed by atoms with Crippen LogP contribution in [0.15, 0.2) is 228 Å². The standard InChI is InChI=1S/C56H39N7/c1-57-55(61-56(49-23-10-12-34-59-49)60-37-42-17-9-11-33-58-42)41-16-13-15-40(35-41)45-22-14-26-52-54(45)48-21-6-8-25-51(48)62(52)44-30-27-38(28-31-44)39-29-32-47-46-20-5-7-24-50(46)63(53(47)36-39)43-18-3-2-4-19-43/h2-36H,1,37H2. The Morgan fingerprint density at radius 1 is 0.460 bits per heavy atom. The van der Waals surface area contributed by atoms with Gasteiger partial charge >= 0.3 is 0 Å². The molecule has 0 bridgehead atoms. The summed E-state index contributed by atoms with van der Waals surface area (Å²) in [7, 11) is 0. The van der Waals surface area contributed by atoms with Gasteiger partial charge < -0.3 is 9.13 Å². The number of pyridine rings is 2. The first-order valence-electron chi connectivity index (χ1n) is 21.0. The molecule has 0 saturated carbocycles. The van der Waals surface area contributed by atoms with Gasteiger partial charge in [0.1, 0.15) is 5.69 Å². The lowest BCUT2D eigenvalue weighted by molar-refractivity contribution is 0.984. The number of aliphatic imine (C=N–C) groups is 3. The maximum absolute atomic E-state index is 4.95. The number of para-hydroxylation sites is 3. The van der Waals surface area contributed by atoms with Gasteiger partial charge in [0.25, 0.3) is 0 Å². The summed E-state index contributed by atoms with van der Waals surface area (Å²) in [6.07, 6.45) is 3.50. The highest BCUT2D eigenvalue weighted by Gasteiger charge is 2.18. The van der Waals surface area contributed by atoms with Crippen molar-refractivity contribution in [2.24, 2.45) is 15.0 Å². The van der Waals surface area contributed by atoms with Crippen LogP contribution in [0.5, 0.6) is 0 Å². The number of fused-ring (bicyclic) bond motifs is 6. The molecule has 11 rings (SSSR count). The van der Waals surface area contributed by atoms with E-state index in [9.17, 15) is 0 Å². The molecule has 0 unspecified atom stereocenters. The van der Waals surface area contributed by atoms with Crippen molar-refractivity contribution in [3.63, 3.8) is 0 Å². The highest BCUT2D eigenvalue weighted by molar-refractivity contribution is 6.17. The summed E-state index contributed by atoms with van der Waals surface area (Å²) in [5, 5.41) is 4.83. The van der Waals surface area contributed by atoms with E-state index >= 15 is 0 Å². The average Bonchev–Trinajstić information content (AvgIpc) is 3.88. The Morgan fingerprint density at radius 2 is 1.11 bits per heavy atom. The first-order chi connectivity index (χ1) is 31.2. The summed E-state index contributed by atoms with van der Waals surface area (Å²) in [5.74, 6) is 0.916. The summed E-state index contributed by atoms with van der Waals surface area (Å²) < 4.78 is 4.74. The number of nitrogens with zero attached hydrogens (tertiary/aromatic N) is 7. The van der Waals surface area contributed by atoms with E-state index in [1.165, 1.54) is 38.1 Å². The first kappa shape index (κ1) is 37.4. The van der Waals surface area contributed by atoms with Crippen LogP contribution < -0.4 is 0 Å². The number of hydrogen-bond donors (Lipinski definition) is 0. The predicted octanol–water partition coefficient (Wildman–Crippen LogP) is 13.1. The molecule has 4 heterocycles. The van der Waals surface area contributed by atoms with Gasteiger partial charge in [-0.1, -0.05) is 121 Å². The summed E-state index contributed by atoms with van der Waals surface area (Å²) >= 11 is 0. The molecule has 0 aliphatic carbocycles. The molecule has 0 spiro atoms. The second-order valence-corrected chi connectivity index (χ2v) is 15.4. The van der Waals surface area contributed by atoms with Crippen molar-refractivity contribution in [3.05, 3.63) is 230 Å². The van der Waals surface area contributed by atoms with E-state index in [-0.39, 0.29) is 0 Å². The van der Waals surface area contributed by atoms with E-state index in [2.05, 4.69) is 182 Å². The van der Waals surface area contributed by atoms with Crippen LogP contribution in [0, 0.1) is 0 Å². The third-order valence-electron chi connectivity index (χ3n) is 11.6. The number of benzene rings is 7. The predicted molar refractivity (Wildman–Crippen MR) is 261 cm³/mol. The lowest BCUT2D eigenvalue weighted by atomic mass is 9.97. The fourth-order valence-corrected chi connectivity index (χ4v) is 8.78. The average molecular weight is 810 g/mol.